The SMILES string of the molecule is CCOC(=O)[C@@H](Cc1c[nH]c2ccccc12)NC(=O)c1ccc(C(C)(C)C)cc1. The Balaban J connectivity index is 1.80. The number of esters is 1. The topological polar surface area (TPSA) is 71.2 Å². The van der Waals surface area contributed by atoms with Gasteiger partial charge in [-0.25, -0.2) is 4.79 Å². The van der Waals surface area contributed by atoms with Crippen LogP contribution < -0.4 is 5.32 Å². The molecule has 152 valence electrons. The molecule has 5 heteroatoms. The maximum Gasteiger partial charge on any atom is 0.328 e. The van der Waals surface area contributed by atoms with E-state index < -0.39 is 12.0 Å². The van der Waals surface area contributed by atoms with Crippen LogP contribution in [0.3, 0.4) is 0 Å². The minimum absolute atomic E-state index is 0.0117. The molecule has 1 heterocycles. The lowest BCUT2D eigenvalue weighted by molar-refractivity contribution is -0.145. The fraction of sp³-hybridized carbons (Fsp3) is 0.333. The summed E-state index contributed by atoms with van der Waals surface area (Å²) >= 11 is 0. The maximum absolute atomic E-state index is 12.8. The predicted molar refractivity (Wildman–Crippen MR) is 115 cm³/mol. The minimum atomic E-state index is -0.760. The molecule has 0 aliphatic rings. The zero-order chi connectivity index (χ0) is 21.0. The average Bonchev–Trinajstić information content (AvgIpc) is 3.10. The Kier molecular flexibility index (Phi) is 6.06. The highest BCUT2D eigenvalue weighted by Crippen LogP contribution is 2.23. The van der Waals surface area contributed by atoms with Crippen molar-refractivity contribution >= 4 is 22.8 Å². The Labute approximate surface area is 171 Å². The molecule has 1 amide bonds. The molecular weight excluding hydrogens is 364 g/mol. The number of rotatable bonds is 6. The van der Waals surface area contributed by atoms with E-state index in [0.717, 1.165) is 22.0 Å². The monoisotopic (exact) mass is 392 g/mol. The minimum Gasteiger partial charge on any atom is -0.464 e. The molecule has 3 rings (SSSR count). The molecule has 0 spiro atoms. The van der Waals surface area contributed by atoms with E-state index in [2.05, 4.69) is 31.1 Å². The van der Waals surface area contributed by atoms with Crippen molar-refractivity contribution in [3.05, 3.63) is 71.4 Å². The molecule has 2 aromatic carbocycles. The lowest BCUT2D eigenvalue weighted by Gasteiger charge is -2.20. The Morgan fingerprint density at radius 3 is 2.41 bits per heavy atom. The molecule has 3 aromatic rings. The van der Waals surface area contributed by atoms with Crippen molar-refractivity contribution in [2.24, 2.45) is 0 Å². The van der Waals surface area contributed by atoms with Crippen LogP contribution in [0.1, 0.15) is 49.2 Å². The third-order valence-corrected chi connectivity index (χ3v) is 4.99. The number of H-pyrrole nitrogens is 1. The lowest BCUT2D eigenvalue weighted by Crippen LogP contribution is -2.43. The van der Waals surface area contributed by atoms with Crippen molar-refractivity contribution < 1.29 is 14.3 Å². The van der Waals surface area contributed by atoms with E-state index >= 15 is 0 Å². The van der Waals surface area contributed by atoms with E-state index in [1.54, 1.807) is 19.1 Å². The first-order chi connectivity index (χ1) is 13.8. The normalized spacial score (nSPS) is 12.6. The Morgan fingerprint density at radius 2 is 1.76 bits per heavy atom. The molecule has 0 bridgehead atoms. The van der Waals surface area contributed by atoms with Gasteiger partial charge in [-0.3, -0.25) is 4.79 Å². The summed E-state index contributed by atoms with van der Waals surface area (Å²) in [6.45, 7) is 8.40. The number of para-hydroxylation sites is 1. The van der Waals surface area contributed by atoms with Crippen molar-refractivity contribution in [2.45, 2.75) is 45.6 Å². The van der Waals surface area contributed by atoms with E-state index in [1.807, 2.05) is 42.6 Å². The number of benzene rings is 2. The van der Waals surface area contributed by atoms with Gasteiger partial charge in [0.15, 0.2) is 0 Å². The molecule has 0 unspecified atom stereocenters. The van der Waals surface area contributed by atoms with E-state index in [9.17, 15) is 9.59 Å². The zero-order valence-electron chi connectivity index (χ0n) is 17.4. The van der Waals surface area contributed by atoms with Crippen molar-refractivity contribution in [1.82, 2.24) is 10.3 Å². The summed E-state index contributed by atoms with van der Waals surface area (Å²) in [6.07, 6.45) is 2.23. The molecule has 1 aromatic heterocycles. The van der Waals surface area contributed by atoms with Gasteiger partial charge in [-0.1, -0.05) is 51.1 Å². The number of amides is 1. The second-order valence-electron chi connectivity index (χ2n) is 8.17. The Hall–Kier alpha value is -3.08. The predicted octanol–water partition coefficient (Wildman–Crippen LogP) is 4.37. The van der Waals surface area contributed by atoms with Crippen LogP contribution in [0.5, 0.6) is 0 Å². The average molecular weight is 392 g/mol. The first-order valence-corrected chi connectivity index (χ1v) is 9.92. The molecule has 0 aliphatic carbocycles. The highest BCUT2D eigenvalue weighted by atomic mass is 16.5. The number of aromatic amines is 1. The number of nitrogens with one attached hydrogen (secondary N) is 2. The molecule has 0 fully saturated rings. The van der Waals surface area contributed by atoms with Gasteiger partial charge in [-0.15, -0.1) is 0 Å². The summed E-state index contributed by atoms with van der Waals surface area (Å²) in [5.74, 6) is -0.721. The first-order valence-electron chi connectivity index (χ1n) is 9.92. The van der Waals surface area contributed by atoms with Gasteiger partial charge >= 0.3 is 5.97 Å². The van der Waals surface area contributed by atoms with E-state index in [-0.39, 0.29) is 17.9 Å². The summed E-state index contributed by atoms with van der Waals surface area (Å²) in [5.41, 5.74) is 3.63. The summed E-state index contributed by atoms with van der Waals surface area (Å²) < 4.78 is 5.20. The van der Waals surface area contributed by atoms with Gasteiger partial charge in [0.05, 0.1) is 6.61 Å². The molecule has 2 N–H and O–H groups in total. The number of carbonyl (C=O) groups excluding carboxylic acids is 2. The molecule has 5 nitrogen and oxygen atoms in total. The number of hydrogen-bond donors (Lipinski definition) is 2. The van der Waals surface area contributed by atoms with E-state index in [0.29, 0.717) is 12.0 Å². The van der Waals surface area contributed by atoms with Crippen LogP contribution in [-0.2, 0) is 21.4 Å². The van der Waals surface area contributed by atoms with Crippen LogP contribution in [0.4, 0.5) is 0 Å². The van der Waals surface area contributed by atoms with Crippen molar-refractivity contribution in [3.8, 4) is 0 Å². The van der Waals surface area contributed by atoms with E-state index in [4.69, 9.17) is 4.74 Å². The van der Waals surface area contributed by atoms with Gasteiger partial charge in [-0.2, -0.15) is 0 Å². The quantitative estimate of drug-likeness (QED) is 0.612. The number of fused-ring (bicyclic) bond motifs is 1. The van der Waals surface area contributed by atoms with Gasteiger partial charge in [0.1, 0.15) is 6.04 Å². The van der Waals surface area contributed by atoms with E-state index in [1.165, 1.54) is 0 Å². The molecule has 0 aliphatic heterocycles. The second-order valence-corrected chi connectivity index (χ2v) is 8.17. The highest BCUT2D eigenvalue weighted by molar-refractivity contribution is 5.97. The summed E-state index contributed by atoms with van der Waals surface area (Å²) in [5, 5.41) is 3.88. The van der Waals surface area contributed by atoms with Crippen LogP contribution >= 0.6 is 0 Å². The summed E-state index contributed by atoms with van der Waals surface area (Å²) in [7, 11) is 0. The van der Waals surface area contributed by atoms with Gasteiger partial charge in [0, 0.05) is 29.1 Å². The number of aromatic nitrogens is 1. The smallest absolute Gasteiger partial charge is 0.328 e. The molecule has 0 saturated carbocycles. The van der Waals surface area contributed by atoms with Crippen molar-refractivity contribution in [3.63, 3.8) is 0 Å². The summed E-state index contributed by atoms with van der Waals surface area (Å²) in [6, 6.07) is 14.6. The van der Waals surface area contributed by atoms with Gasteiger partial charge in [-0.05, 0) is 41.7 Å². The van der Waals surface area contributed by atoms with Crippen LogP contribution in [0.25, 0.3) is 10.9 Å². The molecule has 29 heavy (non-hydrogen) atoms. The molecule has 0 radical (unpaired) electrons. The van der Waals surface area contributed by atoms with Gasteiger partial charge < -0.3 is 15.0 Å². The standard InChI is InChI=1S/C24H28N2O3/c1-5-29-23(28)21(14-17-15-25-20-9-7-6-8-19(17)20)26-22(27)16-10-12-18(13-11-16)24(2,3)4/h6-13,15,21,25H,5,14H2,1-4H3,(H,26,27)/t21-/m1/s1. The first kappa shape index (κ1) is 20.6. The lowest BCUT2D eigenvalue weighted by atomic mass is 9.86. The second kappa shape index (κ2) is 8.52. The van der Waals surface area contributed by atoms with Gasteiger partial charge in [0.25, 0.3) is 5.91 Å². The van der Waals surface area contributed by atoms with Crippen LogP contribution in [0.2, 0.25) is 0 Å². The summed E-state index contributed by atoms with van der Waals surface area (Å²) in [4.78, 5) is 28.5. The number of hydrogen-bond acceptors (Lipinski definition) is 3. The number of ether oxygens (including phenoxy) is 1. The van der Waals surface area contributed by atoms with Crippen LogP contribution in [0.15, 0.2) is 54.7 Å². The largest absolute Gasteiger partial charge is 0.464 e. The van der Waals surface area contributed by atoms with Crippen LogP contribution in [0, 0.1) is 0 Å². The fourth-order valence-electron chi connectivity index (χ4n) is 3.32. The molecule has 0 saturated heterocycles. The Bertz CT molecular complexity index is 997. The molecular formula is C24H28N2O3. The zero-order valence-corrected chi connectivity index (χ0v) is 17.4. The Morgan fingerprint density at radius 1 is 1.07 bits per heavy atom. The van der Waals surface area contributed by atoms with Crippen molar-refractivity contribution in [2.75, 3.05) is 6.61 Å². The third kappa shape index (κ3) is 4.86. The van der Waals surface area contributed by atoms with Crippen molar-refractivity contribution in [1.29, 1.82) is 0 Å². The van der Waals surface area contributed by atoms with Crippen LogP contribution in [-0.4, -0.2) is 29.5 Å². The molecule has 1 atom stereocenters. The van der Waals surface area contributed by atoms with Gasteiger partial charge in [0.2, 0.25) is 0 Å². The fourth-order valence-corrected chi connectivity index (χ4v) is 3.32. The third-order valence-electron chi connectivity index (χ3n) is 4.99. The number of carbonyl (C=O) groups is 2. The highest BCUT2D eigenvalue weighted by Gasteiger charge is 2.24. The maximum atomic E-state index is 12.8.